The highest BCUT2D eigenvalue weighted by molar-refractivity contribution is 7.90. The fourth-order valence-corrected chi connectivity index (χ4v) is 5.86. The van der Waals surface area contributed by atoms with E-state index < -0.39 is 51.5 Å². The van der Waals surface area contributed by atoms with Crippen LogP contribution >= 0.6 is 0 Å². The van der Waals surface area contributed by atoms with E-state index in [0.29, 0.717) is 18.4 Å². The normalized spacial score (nSPS) is 24.3. The molecule has 7 nitrogen and oxygen atoms in total. The van der Waals surface area contributed by atoms with Crippen LogP contribution < -0.4 is 4.72 Å². The summed E-state index contributed by atoms with van der Waals surface area (Å²) in [7, 11) is -3.80. The molecular formula is C22H22F4N4O3S. The third-order valence-corrected chi connectivity index (χ3v) is 8.16. The molecule has 34 heavy (non-hydrogen) atoms. The Kier molecular flexibility index (Phi) is 5.55. The highest BCUT2D eigenvalue weighted by atomic mass is 32.2. The number of likely N-dealkylation sites (tertiary alicyclic amines) is 1. The third kappa shape index (κ3) is 4.24. The fourth-order valence-electron chi connectivity index (χ4n) is 4.27. The van der Waals surface area contributed by atoms with Crippen LogP contribution in [-0.2, 0) is 14.9 Å². The van der Waals surface area contributed by atoms with E-state index in [-0.39, 0.29) is 35.6 Å². The highest BCUT2D eigenvalue weighted by Crippen LogP contribution is 2.39. The lowest BCUT2D eigenvalue weighted by atomic mass is 9.97. The average Bonchev–Trinajstić information content (AvgIpc) is 3.44. The summed E-state index contributed by atoms with van der Waals surface area (Å²) in [5.74, 6) is -4.64. The van der Waals surface area contributed by atoms with Crippen molar-refractivity contribution in [2.45, 2.75) is 49.5 Å². The van der Waals surface area contributed by atoms with Gasteiger partial charge >= 0.3 is 0 Å². The van der Waals surface area contributed by atoms with Crippen molar-refractivity contribution in [1.29, 1.82) is 0 Å². The number of aryl methyl sites for hydroxylation is 1. The number of nitrogens with zero attached hydrogens (tertiary/aromatic N) is 3. The summed E-state index contributed by atoms with van der Waals surface area (Å²) >= 11 is 0. The number of hydrogen-bond donors (Lipinski definition) is 1. The molecule has 5 rings (SSSR count). The molecule has 12 heteroatoms. The zero-order valence-electron chi connectivity index (χ0n) is 18.1. The van der Waals surface area contributed by atoms with Gasteiger partial charge in [-0.3, -0.25) is 4.98 Å². The Labute approximate surface area is 193 Å². The first kappa shape index (κ1) is 23.0. The molecule has 1 aromatic heterocycles. The van der Waals surface area contributed by atoms with Gasteiger partial charge in [0, 0.05) is 18.3 Å². The van der Waals surface area contributed by atoms with E-state index in [1.165, 1.54) is 17.2 Å². The van der Waals surface area contributed by atoms with Crippen molar-refractivity contribution in [1.82, 2.24) is 14.6 Å². The van der Waals surface area contributed by atoms with Gasteiger partial charge in [-0.2, -0.15) is 0 Å². The Morgan fingerprint density at radius 2 is 1.91 bits per heavy atom. The third-order valence-electron chi connectivity index (χ3n) is 6.19. The largest absolute Gasteiger partial charge is 0.384 e. The first-order chi connectivity index (χ1) is 16.0. The second-order valence-corrected chi connectivity index (χ2v) is 10.9. The summed E-state index contributed by atoms with van der Waals surface area (Å²) < 4.78 is 84.7. The smallest absolute Gasteiger partial charge is 0.282 e. The molecule has 182 valence electrons. The molecule has 1 saturated heterocycles. The van der Waals surface area contributed by atoms with Crippen LogP contribution in [0.4, 0.5) is 17.6 Å². The molecular weight excluding hydrogens is 476 g/mol. The Morgan fingerprint density at radius 3 is 2.59 bits per heavy atom. The summed E-state index contributed by atoms with van der Waals surface area (Å²) in [4.78, 5) is 11.0. The number of alkyl halides is 2. The van der Waals surface area contributed by atoms with E-state index in [1.54, 1.807) is 13.0 Å². The lowest BCUT2D eigenvalue weighted by Gasteiger charge is -2.18. The predicted octanol–water partition coefficient (Wildman–Crippen LogP) is 3.51. The highest BCUT2D eigenvalue weighted by Gasteiger charge is 2.53. The van der Waals surface area contributed by atoms with Gasteiger partial charge in [-0.25, -0.2) is 30.7 Å². The van der Waals surface area contributed by atoms with Gasteiger partial charge in [0.1, 0.15) is 23.5 Å². The van der Waals surface area contributed by atoms with Crippen molar-refractivity contribution in [3.05, 3.63) is 53.4 Å². The molecule has 2 aromatic rings. The van der Waals surface area contributed by atoms with Crippen LogP contribution in [-0.4, -0.2) is 54.4 Å². The van der Waals surface area contributed by atoms with Crippen molar-refractivity contribution < 1.29 is 30.8 Å². The van der Waals surface area contributed by atoms with E-state index in [2.05, 4.69) is 14.9 Å². The molecule has 3 aliphatic rings. The second kappa shape index (κ2) is 8.19. The second-order valence-electron chi connectivity index (χ2n) is 8.90. The Bertz CT molecular complexity index is 1250. The zero-order valence-corrected chi connectivity index (χ0v) is 19.0. The number of benzene rings is 1. The fraction of sp³-hybridized carbons (Fsp3) is 0.455. The molecule has 0 amide bonds. The molecule has 3 heterocycles. The number of oxime groups is 1. The van der Waals surface area contributed by atoms with Crippen molar-refractivity contribution in [3.8, 4) is 11.1 Å². The first-order valence-corrected chi connectivity index (χ1v) is 12.4. The Morgan fingerprint density at radius 1 is 1.21 bits per heavy atom. The molecule has 1 N–H and O–H groups in total. The maximum Gasteiger partial charge on any atom is 0.282 e. The summed E-state index contributed by atoms with van der Waals surface area (Å²) in [6.07, 6.45) is 1.64. The van der Waals surface area contributed by atoms with Gasteiger partial charge in [-0.05, 0) is 43.5 Å². The molecule has 0 spiro atoms. The van der Waals surface area contributed by atoms with Crippen molar-refractivity contribution in [2.75, 3.05) is 13.1 Å². The predicted molar refractivity (Wildman–Crippen MR) is 116 cm³/mol. The minimum absolute atomic E-state index is 0.0390. The lowest BCUT2D eigenvalue weighted by Crippen LogP contribution is -2.47. The number of halogens is 4. The van der Waals surface area contributed by atoms with Crippen LogP contribution in [0, 0.1) is 18.6 Å². The van der Waals surface area contributed by atoms with Gasteiger partial charge < -0.3 is 9.74 Å². The van der Waals surface area contributed by atoms with Crippen LogP contribution in [0.25, 0.3) is 11.1 Å². The van der Waals surface area contributed by atoms with Gasteiger partial charge in [0.15, 0.2) is 6.10 Å². The SMILES string of the molecule is Cc1cnc(C2CC(N3C[C@@H](NS(=O)(=O)C4CC4)C(F)(F)C3)=NO2)c(-c2c(F)cccc2F)c1. The Balaban J connectivity index is 1.36. The van der Waals surface area contributed by atoms with Crippen LogP contribution in [0.1, 0.15) is 36.6 Å². The number of sulfonamides is 1. The number of hydrogen-bond acceptors (Lipinski definition) is 6. The topological polar surface area (TPSA) is 83.9 Å². The van der Waals surface area contributed by atoms with Crippen LogP contribution in [0.15, 0.2) is 35.6 Å². The molecule has 2 aliphatic heterocycles. The average molecular weight is 499 g/mol. The summed E-state index contributed by atoms with van der Waals surface area (Å²) in [6.45, 7) is 0.728. The molecule has 1 unspecified atom stereocenters. The van der Waals surface area contributed by atoms with E-state index in [0.717, 1.165) is 12.1 Å². The van der Waals surface area contributed by atoms with Crippen molar-refractivity contribution in [3.63, 3.8) is 0 Å². The van der Waals surface area contributed by atoms with Gasteiger partial charge in [-0.15, -0.1) is 0 Å². The first-order valence-electron chi connectivity index (χ1n) is 10.8. The maximum atomic E-state index is 14.6. The summed E-state index contributed by atoms with van der Waals surface area (Å²) in [5.41, 5.74) is 0.836. The molecule has 2 fully saturated rings. The molecule has 0 bridgehead atoms. The summed E-state index contributed by atoms with van der Waals surface area (Å²) in [6, 6.07) is 3.53. The molecule has 1 aliphatic carbocycles. The quantitative estimate of drug-likeness (QED) is 0.638. The monoisotopic (exact) mass is 498 g/mol. The van der Waals surface area contributed by atoms with E-state index in [9.17, 15) is 26.0 Å². The number of amidine groups is 1. The molecule has 2 atom stereocenters. The molecule has 0 radical (unpaired) electrons. The van der Waals surface area contributed by atoms with E-state index >= 15 is 0 Å². The van der Waals surface area contributed by atoms with Gasteiger partial charge in [0.25, 0.3) is 5.92 Å². The molecule has 1 saturated carbocycles. The van der Waals surface area contributed by atoms with Crippen molar-refractivity contribution >= 4 is 15.9 Å². The van der Waals surface area contributed by atoms with Crippen LogP contribution in [0.2, 0.25) is 0 Å². The number of rotatable bonds is 5. The van der Waals surface area contributed by atoms with E-state index in [4.69, 9.17) is 4.84 Å². The lowest BCUT2D eigenvalue weighted by molar-refractivity contribution is -0.00129. The zero-order chi connectivity index (χ0) is 24.3. The number of aromatic nitrogens is 1. The van der Waals surface area contributed by atoms with Gasteiger partial charge in [-0.1, -0.05) is 11.2 Å². The number of nitrogens with one attached hydrogen (secondary N) is 1. The maximum absolute atomic E-state index is 14.6. The van der Waals surface area contributed by atoms with Crippen LogP contribution in [0.5, 0.6) is 0 Å². The Hall–Kier alpha value is -2.73. The summed E-state index contributed by atoms with van der Waals surface area (Å²) in [5, 5.41) is 3.31. The minimum Gasteiger partial charge on any atom is -0.384 e. The van der Waals surface area contributed by atoms with Gasteiger partial charge in [0.2, 0.25) is 10.0 Å². The number of pyridine rings is 1. The minimum atomic E-state index is -3.80. The molecule has 1 aromatic carbocycles. The van der Waals surface area contributed by atoms with Gasteiger partial charge in [0.05, 0.1) is 29.5 Å². The van der Waals surface area contributed by atoms with Crippen LogP contribution in [0.3, 0.4) is 0 Å². The van der Waals surface area contributed by atoms with E-state index in [1.807, 2.05) is 0 Å². The van der Waals surface area contributed by atoms with Crippen molar-refractivity contribution in [2.24, 2.45) is 5.16 Å². The standard InChI is InChI=1S/C22H22F4N4O3S/c1-12-7-14(20-15(23)3-2-4-16(20)24)21(27-9-12)17-8-19(28-33-17)30-10-18(22(25,26)11-30)29-34(31,32)13-5-6-13/h2-4,7,9,13,17-18,29H,5-6,8,10-11H2,1H3/t17?,18-/m1/s1.